The average molecular weight is 272 g/mol. The smallest absolute Gasteiger partial charge is 0.0589 e. The van der Waals surface area contributed by atoms with E-state index in [2.05, 4.69) is 59.7 Å². The van der Waals surface area contributed by atoms with Crippen LogP contribution in [0.15, 0.2) is 42.5 Å². The molecule has 0 fully saturated rings. The zero-order valence-electron chi connectivity index (χ0n) is 12.6. The molecule has 0 aliphatic carbocycles. The number of hydrogen-bond donors (Lipinski definition) is 1. The number of benzene rings is 2. The highest BCUT2D eigenvalue weighted by atomic mass is 16.5. The normalized spacial score (nSPS) is 13.0. The Bertz CT molecular complexity index is 541. The van der Waals surface area contributed by atoms with Gasteiger partial charge in [0.1, 0.15) is 0 Å². The highest BCUT2D eigenvalue weighted by Gasteiger charge is 2.12. The van der Waals surface area contributed by atoms with Crippen molar-refractivity contribution in [1.82, 2.24) is 10.2 Å². The third-order valence-electron chi connectivity index (χ3n) is 3.70. The molecule has 0 saturated heterocycles. The van der Waals surface area contributed by atoms with Crippen LogP contribution in [0, 0.1) is 0 Å². The summed E-state index contributed by atoms with van der Waals surface area (Å²) in [6.45, 7) is 2.69. The molecule has 1 N–H and O–H groups in total. The molecule has 20 heavy (non-hydrogen) atoms. The molecule has 0 spiro atoms. The van der Waals surface area contributed by atoms with Crippen LogP contribution < -0.4 is 5.32 Å². The van der Waals surface area contributed by atoms with Crippen molar-refractivity contribution in [3.63, 3.8) is 0 Å². The Morgan fingerprint density at radius 1 is 1.15 bits per heavy atom. The van der Waals surface area contributed by atoms with Gasteiger partial charge < -0.3 is 15.0 Å². The van der Waals surface area contributed by atoms with Gasteiger partial charge in [-0.1, -0.05) is 36.4 Å². The number of likely N-dealkylation sites (N-methyl/N-ethyl adjacent to an activating group) is 2. The summed E-state index contributed by atoms with van der Waals surface area (Å²) in [6.07, 6.45) is 0. The summed E-state index contributed by atoms with van der Waals surface area (Å²) in [5.74, 6) is 0. The monoisotopic (exact) mass is 272 g/mol. The molecule has 0 heterocycles. The highest BCUT2D eigenvalue weighted by molar-refractivity contribution is 5.83. The minimum atomic E-state index is 0.335. The van der Waals surface area contributed by atoms with Crippen LogP contribution >= 0.6 is 0 Å². The standard InChI is InChI=1S/C17H24N2O/c1-18-17(13-19(2)10-11-20-3)16-9-8-14-6-4-5-7-15(14)12-16/h4-9,12,17-18H,10-11,13H2,1-3H3. The van der Waals surface area contributed by atoms with Crippen LogP contribution in [0.4, 0.5) is 0 Å². The van der Waals surface area contributed by atoms with E-state index in [1.165, 1.54) is 16.3 Å². The van der Waals surface area contributed by atoms with Crippen molar-refractivity contribution in [3.8, 4) is 0 Å². The third kappa shape index (κ3) is 3.79. The van der Waals surface area contributed by atoms with Gasteiger partial charge >= 0.3 is 0 Å². The Morgan fingerprint density at radius 3 is 2.60 bits per heavy atom. The lowest BCUT2D eigenvalue weighted by atomic mass is 10.0. The lowest BCUT2D eigenvalue weighted by molar-refractivity contribution is 0.156. The minimum Gasteiger partial charge on any atom is -0.383 e. The molecule has 0 aromatic heterocycles. The van der Waals surface area contributed by atoms with E-state index in [1.807, 2.05) is 7.05 Å². The lowest BCUT2D eigenvalue weighted by Crippen LogP contribution is -2.33. The van der Waals surface area contributed by atoms with Gasteiger partial charge in [0.25, 0.3) is 0 Å². The van der Waals surface area contributed by atoms with Crippen molar-refractivity contribution in [2.24, 2.45) is 0 Å². The number of methoxy groups -OCH3 is 1. The lowest BCUT2D eigenvalue weighted by Gasteiger charge is -2.24. The summed E-state index contributed by atoms with van der Waals surface area (Å²) in [5.41, 5.74) is 1.33. The Hall–Kier alpha value is -1.42. The SMILES string of the molecule is CNC(CN(C)CCOC)c1ccc2ccccc2c1. The maximum Gasteiger partial charge on any atom is 0.0589 e. The molecule has 2 aromatic carbocycles. The van der Waals surface area contributed by atoms with Gasteiger partial charge in [0, 0.05) is 26.2 Å². The molecule has 3 nitrogen and oxygen atoms in total. The summed E-state index contributed by atoms with van der Waals surface area (Å²) in [6, 6.07) is 15.5. The number of nitrogens with zero attached hydrogens (tertiary/aromatic N) is 1. The van der Waals surface area contributed by atoms with Gasteiger partial charge in [0.2, 0.25) is 0 Å². The average Bonchev–Trinajstić information content (AvgIpc) is 2.50. The number of rotatable bonds is 7. The van der Waals surface area contributed by atoms with E-state index in [1.54, 1.807) is 7.11 Å². The first-order valence-electron chi connectivity index (χ1n) is 7.08. The molecule has 0 saturated carbocycles. The Balaban J connectivity index is 2.12. The quantitative estimate of drug-likeness (QED) is 0.838. The van der Waals surface area contributed by atoms with E-state index in [4.69, 9.17) is 4.74 Å². The second-order valence-corrected chi connectivity index (χ2v) is 5.20. The van der Waals surface area contributed by atoms with Crippen LogP contribution in [-0.4, -0.2) is 45.8 Å². The van der Waals surface area contributed by atoms with Crippen molar-refractivity contribution in [2.75, 3.05) is 40.9 Å². The second-order valence-electron chi connectivity index (χ2n) is 5.20. The predicted molar refractivity (Wildman–Crippen MR) is 85.1 cm³/mol. The molecule has 2 aromatic rings. The fourth-order valence-corrected chi connectivity index (χ4v) is 2.44. The summed E-state index contributed by atoms with van der Waals surface area (Å²) in [7, 11) is 5.89. The predicted octanol–water partition coefficient (Wildman–Crippen LogP) is 2.68. The van der Waals surface area contributed by atoms with Gasteiger partial charge in [-0.2, -0.15) is 0 Å². The number of ether oxygens (including phenoxy) is 1. The first kappa shape index (κ1) is 15.0. The van der Waals surface area contributed by atoms with Gasteiger partial charge in [-0.05, 0) is 36.5 Å². The first-order chi connectivity index (χ1) is 9.74. The van der Waals surface area contributed by atoms with Crippen molar-refractivity contribution < 1.29 is 4.74 Å². The van der Waals surface area contributed by atoms with Crippen LogP contribution in [0.3, 0.4) is 0 Å². The van der Waals surface area contributed by atoms with E-state index in [0.29, 0.717) is 6.04 Å². The van der Waals surface area contributed by atoms with Crippen LogP contribution in [0.5, 0.6) is 0 Å². The molecule has 3 heteroatoms. The molecule has 0 amide bonds. The molecule has 1 atom stereocenters. The molecular formula is C17H24N2O. The Kier molecular flexibility index (Phi) is 5.53. The van der Waals surface area contributed by atoms with Gasteiger partial charge in [-0.3, -0.25) is 0 Å². The Morgan fingerprint density at radius 2 is 1.90 bits per heavy atom. The fraction of sp³-hybridized carbons (Fsp3) is 0.412. The molecule has 0 bridgehead atoms. The summed E-state index contributed by atoms with van der Waals surface area (Å²) < 4.78 is 5.13. The zero-order valence-corrected chi connectivity index (χ0v) is 12.6. The van der Waals surface area contributed by atoms with E-state index < -0.39 is 0 Å². The highest BCUT2D eigenvalue weighted by Crippen LogP contribution is 2.20. The summed E-state index contributed by atoms with van der Waals surface area (Å²) >= 11 is 0. The first-order valence-corrected chi connectivity index (χ1v) is 7.08. The molecular weight excluding hydrogens is 248 g/mol. The van der Waals surface area contributed by atoms with E-state index in [9.17, 15) is 0 Å². The van der Waals surface area contributed by atoms with Crippen molar-refractivity contribution in [3.05, 3.63) is 48.0 Å². The van der Waals surface area contributed by atoms with Gasteiger partial charge in [-0.25, -0.2) is 0 Å². The Labute approximate surface area is 121 Å². The van der Waals surface area contributed by atoms with E-state index in [-0.39, 0.29) is 0 Å². The third-order valence-corrected chi connectivity index (χ3v) is 3.70. The van der Waals surface area contributed by atoms with Crippen LogP contribution in [0.2, 0.25) is 0 Å². The number of hydrogen-bond acceptors (Lipinski definition) is 3. The van der Waals surface area contributed by atoms with Crippen LogP contribution in [-0.2, 0) is 4.74 Å². The van der Waals surface area contributed by atoms with Gasteiger partial charge in [-0.15, -0.1) is 0 Å². The summed E-state index contributed by atoms with van der Waals surface area (Å²) in [4.78, 5) is 2.29. The topological polar surface area (TPSA) is 24.5 Å². The molecule has 108 valence electrons. The van der Waals surface area contributed by atoms with Crippen LogP contribution in [0.1, 0.15) is 11.6 Å². The summed E-state index contributed by atoms with van der Waals surface area (Å²) in [5, 5.41) is 5.99. The number of nitrogens with one attached hydrogen (secondary N) is 1. The minimum absolute atomic E-state index is 0.335. The second kappa shape index (κ2) is 7.39. The van der Waals surface area contributed by atoms with E-state index in [0.717, 1.165) is 19.7 Å². The van der Waals surface area contributed by atoms with Gasteiger partial charge in [0.05, 0.1) is 6.61 Å². The van der Waals surface area contributed by atoms with E-state index >= 15 is 0 Å². The number of fused-ring (bicyclic) bond motifs is 1. The maximum atomic E-state index is 5.13. The van der Waals surface area contributed by atoms with Crippen molar-refractivity contribution >= 4 is 10.8 Å². The van der Waals surface area contributed by atoms with Gasteiger partial charge in [0.15, 0.2) is 0 Å². The molecule has 0 radical (unpaired) electrons. The molecule has 0 aliphatic heterocycles. The van der Waals surface area contributed by atoms with Crippen LogP contribution in [0.25, 0.3) is 10.8 Å². The zero-order chi connectivity index (χ0) is 14.4. The van der Waals surface area contributed by atoms with Crippen molar-refractivity contribution in [2.45, 2.75) is 6.04 Å². The largest absolute Gasteiger partial charge is 0.383 e. The fourth-order valence-electron chi connectivity index (χ4n) is 2.44. The molecule has 2 rings (SSSR count). The molecule has 0 aliphatic rings. The van der Waals surface area contributed by atoms with Crippen molar-refractivity contribution in [1.29, 1.82) is 0 Å². The maximum absolute atomic E-state index is 5.13. The molecule has 1 unspecified atom stereocenters.